The maximum atomic E-state index is 5.40. The Labute approximate surface area is 93.0 Å². The molecule has 0 amide bonds. The van der Waals surface area contributed by atoms with E-state index in [2.05, 4.69) is 20.4 Å². The molecule has 0 bridgehead atoms. The first kappa shape index (κ1) is 10.3. The topological polar surface area (TPSA) is 76.2 Å². The van der Waals surface area contributed by atoms with E-state index in [1.165, 1.54) is 0 Å². The highest BCUT2D eigenvalue weighted by molar-refractivity contribution is 5.97. The fourth-order valence-corrected chi connectivity index (χ4v) is 1.22. The number of nitrogens with zero attached hydrogens (tertiary/aromatic N) is 3. The number of benzene rings is 1. The first-order valence-electron chi connectivity index (χ1n) is 4.77. The van der Waals surface area contributed by atoms with Crippen LogP contribution in [0.1, 0.15) is 5.69 Å². The fourth-order valence-electron chi connectivity index (χ4n) is 1.22. The third-order valence-electron chi connectivity index (χ3n) is 1.94. The number of para-hydroxylation sites is 1. The average molecular weight is 213 g/mol. The summed E-state index contributed by atoms with van der Waals surface area (Å²) in [4.78, 5) is 12.4. The molecule has 0 fully saturated rings. The predicted octanol–water partition coefficient (Wildman–Crippen LogP) is 1.02. The summed E-state index contributed by atoms with van der Waals surface area (Å²) >= 11 is 0. The minimum atomic E-state index is 0.485. The van der Waals surface area contributed by atoms with Gasteiger partial charge in [0.2, 0.25) is 0 Å². The van der Waals surface area contributed by atoms with Gasteiger partial charge in [0.05, 0.1) is 11.9 Å². The Balaban J connectivity index is 2.34. The lowest BCUT2D eigenvalue weighted by Gasteiger charge is -2.03. The summed E-state index contributed by atoms with van der Waals surface area (Å²) in [6, 6.07) is 9.51. The summed E-state index contributed by atoms with van der Waals surface area (Å²) in [6.07, 6.45) is 4.79. The summed E-state index contributed by atoms with van der Waals surface area (Å²) < 4.78 is 0. The number of nitrogens with two attached hydrogens (primary N) is 1. The Hall–Kier alpha value is -2.27. The van der Waals surface area contributed by atoms with Crippen LogP contribution in [0.25, 0.3) is 0 Å². The number of hydrogen-bond acceptors (Lipinski definition) is 4. The second kappa shape index (κ2) is 4.99. The van der Waals surface area contributed by atoms with Crippen LogP contribution in [0.3, 0.4) is 0 Å². The zero-order chi connectivity index (χ0) is 11.2. The van der Waals surface area contributed by atoms with Crippen molar-refractivity contribution in [3.8, 4) is 0 Å². The van der Waals surface area contributed by atoms with Crippen LogP contribution >= 0.6 is 0 Å². The van der Waals surface area contributed by atoms with Gasteiger partial charge in [0.25, 0.3) is 0 Å². The monoisotopic (exact) mass is 213 g/mol. The van der Waals surface area contributed by atoms with E-state index in [0.29, 0.717) is 11.5 Å². The Morgan fingerprint density at radius 3 is 2.62 bits per heavy atom. The molecule has 0 saturated heterocycles. The van der Waals surface area contributed by atoms with Crippen molar-refractivity contribution in [1.29, 1.82) is 0 Å². The molecule has 2 rings (SSSR count). The van der Waals surface area contributed by atoms with Crippen LogP contribution < -0.4 is 11.3 Å². The van der Waals surface area contributed by atoms with Gasteiger partial charge in [0, 0.05) is 12.4 Å². The highest BCUT2D eigenvalue weighted by Gasteiger charge is 2.02. The third-order valence-corrected chi connectivity index (χ3v) is 1.94. The van der Waals surface area contributed by atoms with Crippen LogP contribution in [0.15, 0.2) is 53.9 Å². The van der Waals surface area contributed by atoms with Gasteiger partial charge in [-0.15, -0.1) is 0 Å². The SMILES string of the molecule is NNC(=Nc1ccccc1)c1cnccn1. The van der Waals surface area contributed by atoms with Crippen LogP contribution in [-0.4, -0.2) is 15.8 Å². The maximum absolute atomic E-state index is 5.40. The van der Waals surface area contributed by atoms with E-state index < -0.39 is 0 Å². The molecule has 1 aromatic carbocycles. The Morgan fingerprint density at radius 2 is 2.00 bits per heavy atom. The van der Waals surface area contributed by atoms with Gasteiger partial charge in [-0.1, -0.05) is 18.2 Å². The van der Waals surface area contributed by atoms with Crippen LogP contribution in [0, 0.1) is 0 Å². The molecule has 0 radical (unpaired) electrons. The number of rotatable bonds is 2. The van der Waals surface area contributed by atoms with Crippen molar-refractivity contribution in [1.82, 2.24) is 15.4 Å². The van der Waals surface area contributed by atoms with E-state index in [-0.39, 0.29) is 0 Å². The van der Waals surface area contributed by atoms with Gasteiger partial charge in [-0.25, -0.2) is 15.8 Å². The molecule has 0 aliphatic carbocycles. The van der Waals surface area contributed by atoms with Crippen molar-refractivity contribution in [2.45, 2.75) is 0 Å². The molecule has 0 spiro atoms. The smallest absolute Gasteiger partial charge is 0.168 e. The number of aromatic nitrogens is 2. The highest BCUT2D eigenvalue weighted by atomic mass is 15.3. The van der Waals surface area contributed by atoms with Crippen LogP contribution in [0.4, 0.5) is 5.69 Å². The van der Waals surface area contributed by atoms with Gasteiger partial charge < -0.3 is 5.43 Å². The normalized spacial score (nSPS) is 11.2. The number of amidine groups is 1. The van der Waals surface area contributed by atoms with E-state index >= 15 is 0 Å². The molecule has 0 aliphatic heterocycles. The Bertz CT molecular complexity index is 466. The first-order chi connectivity index (χ1) is 7.90. The summed E-state index contributed by atoms with van der Waals surface area (Å²) in [5.74, 6) is 5.89. The fraction of sp³-hybridized carbons (Fsp3) is 0. The van der Waals surface area contributed by atoms with Crippen molar-refractivity contribution >= 4 is 11.5 Å². The molecule has 0 unspecified atom stereocenters. The average Bonchev–Trinajstić information content (AvgIpc) is 2.38. The summed E-state index contributed by atoms with van der Waals surface area (Å²) in [5, 5.41) is 0. The summed E-state index contributed by atoms with van der Waals surface area (Å²) in [7, 11) is 0. The van der Waals surface area contributed by atoms with Crippen LogP contribution in [0.2, 0.25) is 0 Å². The molecule has 2 aromatic rings. The Kier molecular flexibility index (Phi) is 3.20. The summed E-state index contributed by atoms with van der Waals surface area (Å²) in [5.41, 5.74) is 3.93. The summed E-state index contributed by atoms with van der Waals surface area (Å²) in [6.45, 7) is 0. The lowest BCUT2D eigenvalue weighted by Crippen LogP contribution is -2.31. The Morgan fingerprint density at radius 1 is 1.19 bits per heavy atom. The molecule has 1 aromatic heterocycles. The maximum Gasteiger partial charge on any atom is 0.168 e. The molecule has 0 aliphatic rings. The highest BCUT2D eigenvalue weighted by Crippen LogP contribution is 2.10. The molecule has 16 heavy (non-hydrogen) atoms. The zero-order valence-corrected chi connectivity index (χ0v) is 8.54. The minimum absolute atomic E-state index is 0.485. The number of aliphatic imine (C=N–C) groups is 1. The first-order valence-corrected chi connectivity index (χ1v) is 4.77. The predicted molar refractivity (Wildman–Crippen MR) is 62.0 cm³/mol. The van der Waals surface area contributed by atoms with Gasteiger partial charge in [-0.2, -0.15) is 0 Å². The quantitative estimate of drug-likeness (QED) is 0.338. The number of hydrogen-bond donors (Lipinski definition) is 2. The second-order valence-corrected chi connectivity index (χ2v) is 3.03. The van der Waals surface area contributed by atoms with Crippen LogP contribution in [-0.2, 0) is 0 Å². The molecule has 0 atom stereocenters. The standard InChI is InChI=1S/C11H11N5/c12-16-11(10-8-13-6-7-14-10)15-9-4-2-1-3-5-9/h1-8H,12H2,(H,15,16). The lowest BCUT2D eigenvalue weighted by molar-refractivity contribution is 1.00. The van der Waals surface area contributed by atoms with E-state index in [1.807, 2.05) is 30.3 Å². The lowest BCUT2D eigenvalue weighted by atomic mass is 10.3. The molecule has 5 heteroatoms. The van der Waals surface area contributed by atoms with E-state index in [0.717, 1.165) is 5.69 Å². The molecule has 3 N–H and O–H groups in total. The van der Waals surface area contributed by atoms with Crippen LogP contribution in [0.5, 0.6) is 0 Å². The second-order valence-electron chi connectivity index (χ2n) is 3.03. The van der Waals surface area contributed by atoms with Gasteiger partial charge in [0.15, 0.2) is 5.84 Å². The third kappa shape index (κ3) is 2.40. The zero-order valence-electron chi connectivity index (χ0n) is 8.54. The van der Waals surface area contributed by atoms with Crippen molar-refractivity contribution in [3.63, 3.8) is 0 Å². The van der Waals surface area contributed by atoms with E-state index in [4.69, 9.17) is 5.84 Å². The number of nitrogens with one attached hydrogen (secondary N) is 1. The van der Waals surface area contributed by atoms with E-state index in [9.17, 15) is 0 Å². The molecule has 80 valence electrons. The van der Waals surface area contributed by atoms with Gasteiger partial charge in [-0.3, -0.25) is 4.98 Å². The van der Waals surface area contributed by atoms with Crippen molar-refractivity contribution in [2.24, 2.45) is 10.8 Å². The molecule has 1 heterocycles. The molecular formula is C11H11N5. The molecule has 5 nitrogen and oxygen atoms in total. The largest absolute Gasteiger partial charge is 0.307 e. The van der Waals surface area contributed by atoms with Crippen molar-refractivity contribution < 1.29 is 0 Å². The molecule has 0 saturated carbocycles. The number of hydrazine groups is 1. The molecular weight excluding hydrogens is 202 g/mol. The minimum Gasteiger partial charge on any atom is -0.307 e. The van der Waals surface area contributed by atoms with Gasteiger partial charge in [0.1, 0.15) is 5.69 Å². The van der Waals surface area contributed by atoms with Gasteiger partial charge in [-0.05, 0) is 12.1 Å². The van der Waals surface area contributed by atoms with Crippen molar-refractivity contribution in [3.05, 3.63) is 54.6 Å². The van der Waals surface area contributed by atoms with Gasteiger partial charge >= 0.3 is 0 Å². The van der Waals surface area contributed by atoms with E-state index in [1.54, 1.807) is 18.6 Å². The van der Waals surface area contributed by atoms with Crippen molar-refractivity contribution in [2.75, 3.05) is 0 Å².